The molecule has 0 bridgehead atoms. The zero-order valence-corrected chi connectivity index (χ0v) is 14.6. The summed E-state index contributed by atoms with van der Waals surface area (Å²) in [4.78, 5) is 11.9. The summed E-state index contributed by atoms with van der Waals surface area (Å²) in [6.45, 7) is 11.2. The Balaban J connectivity index is 1.95. The fourth-order valence-electron chi connectivity index (χ4n) is 2.41. The van der Waals surface area contributed by atoms with Gasteiger partial charge in [-0.25, -0.2) is 5.43 Å². The molecule has 0 atom stereocenters. The molecule has 126 valence electrons. The minimum absolute atomic E-state index is 0.120. The van der Waals surface area contributed by atoms with E-state index in [4.69, 9.17) is 9.47 Å². The van der Waals surface area contributed by atoms with Gasteiger partial charge in [-0.15, -0.1) is 0 Å². The SMILES string of the molecule is C/C(=N\NC(=O)CC1(C)OCCO1)c1ccc(C(C)(C)C)cc1. The molecule has 2 rings (SSSR count). The van der Waals surface area contributed by atoms with Crippen molar-refractivity contribution in [2.75, 3.05) is 13.2 Å². The molecule has 0 spiro atoms. The number of hydrazone groups is 1. The molecule has 1 aliphatic rings. The van der Waals surface area contributed by atoms with Gasteiger partial charge in [-0.3, -0.25) is 4.79 Å². The number of rotatable bonds is 4. The number of carbonyl (C=O) groups excluding carboxylic acids is 1. The van der Waals surface area contributed by atoms with Crippen LogP contribution in [0.5, 0.6) is 0 Å². The van der Waals surface area contributed by atoms with Crippen LogP contribution in [-0.4, -0.2) is 30.6 Å². The number of nitrogens with zero attached hydrogens (tertiary/aromatic N) is 1. The Hall–Kier alpha value is -1.72. The molecule has 1 amide bonds. The number of carbonyl (C=O) groups is 1. The maximum absolute atomic E-state index is 11.9. The summed E-state index contributed by atoms with van der Waals surface area (Å²) in [5.74, 6) is -1.05. The van der Waals surface area contributed by atoms with Gasteiger partial charge in [0.15, 0.2) is 5.79 Å². The molecule has 1 aromatic rings. The molecule has 0 aliphatic carbocycles. The van der Waals surface area contributed by atoms with Crippen LogP contribution < -0.4 is 5.43 Å². The fraction of sp³-hybridized carbons (Fsp3) is 0.556. The monoisotopic (exact) mass is 318 g/mol. The number of amides is 1. The van der Waals surface area contributed by atoms with Gasteiger partial charge in [0.25, 0.3) is 0 Å². The normalized spacial score (nSPS) is 18.0. The van der Waals surface area contributed by atoms with Crippen molar-refractivity contribution in [1.82, 2.24) is 5.43 Å². The number of hydrogen-bond acceptors (Lipinski definition) is 4. The predicted molar refractivity (Wildman–Crippen MR) is 90.4 cm³/mol. The molecule has 23 heavy (non-hydrogen) atoms. The Kier molecular flexibility index (Phi) is 5.22. The third-order valence-corrected chi connectivity index (χ3v) is 3.90. The molecule has 1 saturated heterocycles. The second kappa shape index (κ2) is 6.81. The van der Waals surface area contributed by atoms with E-state index < -0.39 is 5.79 Å². The molecule has 0 aromatic heterocycles. The van der Waals surface area contributed by atoms with Crippen LogP contribution >= 0.6 is 0 Å². The van der Waals surface area contributed by atoms with Gasteiger partial charge in [0, 0.05) is 0 Å². The smallest absolute Gasteiger partial charge is 0.245 e. The number of ether oxygens (including phenoxy) is 2. The maximum atomic E-state index is 11.9. The van der Waals surface area contributed by atoms with Gasteiger partial charge in [0.1, 0.15) is 0 Å². The fourth-order valence-corrected chi connectivity index (χ4v) is 2.41. The van der Waals surface area contributed by atoms with E-state index in [2.05, 4.69) is 43.4 Å². The summed E-state index contributed by atoms with van der Waals surface area (Å²) in [7, 11) is 0. The minimum Gasteiger partial charge on any atom is -0.347 e. The van der Waals surface area contributed by atoms with E-state index in [1.54, 1.807) is 6.92 Å². The zero-order chi connectivity index (χ0) is 17.1. The lowest BCUT2D eigenvalue weighted by atomic mass is 9.86. The first kappa shape index (κ1) is 17.6. The molecule has 1 aliphatic heterocycles. The Bertz CT molecular complexity index is 579. The second-order valence-electron chi connectivity index (χ2n) is 7.07. The zero-order valence-electron chi connectivity index (χ0n) is 14.6. The molecule has 0 unspecified atom stereocenters. The van der Waals surface area contributed by atoms with E-state index in [1.807, 2.05) is 19.1 Å². The first-order valence-corrected chi connectivity index (χ1v) is 7.92. The summed E-state index contributed by atoms with van der Waals surface area (Å²) in [5.41, 5.74) is 5.70. The van der Waals surface area contributed by atoms with E-state index in [0.29, 0.717) is 13.2 Å². The van der Waals surface area contributed by atoms with E-state index in [1.165, 1.54) is 5.56 Å². The topological polar surface area (TPSA) is 59.9 Å². The summed E-state index contributed by atoms with van der Waals surface area (Å²) < 4.78 is 10.8. The minimum atomic E-state index is -0.831. The van der Waals surface area contributed by atoms with Crippen LogP contribution in [0.2, 0.25) is 0 Å². The Morgan fingerprint density at radius 3 is 2.30 bits per heavy atom. The molecule has 0 saturated carbocycles. The number of benzene rings is 1. The van der Waals surface area contributed by atoms with E-state index in [9.17, 15) is 4.79 Å². The molecule has 1 fully saturated rings. The third kappa shape index (κ3) is 4.88. The van der Waals surface area contributed by atoms with E-state index >= 15 is 0 Å². The van der Waals surface area contributed by atoms with Gasteiger partial charge in [-0.2, -0.15) is 5.10 Å². The molecule has 5 heteroatoms. The molecule has 1 N–H and O–H groups in total. The second-order valence-corrected chi connectivity index (χ2v) is 7.07. The van der Waals surface area contributed by atoms with Gasteiger partial charge in [-0.05, 0) is 30.4 Å². The van der Waals surface area contributed by atoms with E-state index in [-0.39, 0.29) is 17.7 Å². The van der Waals surface area contributed by atoms with Crippen molar-refractivity contribution >= 4 is 11.6 Å². The Morgan fingerprint density at radius 2 is 1.78 bits per heavy atom. The number of hydrogen-bond donors (Lipinski definition) is 1. The van der Waals surface area contributed by atoms with Crippen LogP contribution in [0.15, 0.2) is 29.4 Å². The lowest BCUT2D eigenvalue weighted by molar-refractivity contribution is -0.159. The summed E-state index contributed by atoms with van der Waals surface area (Å²) in [6.07, 6.45) is 0.132. The van der Waals surface area contributed by atoms with Crippen molar-refractivity contribution < 1.29 is 14.3 Å². The van der Waals surface area contributed by atoms with Crippen LogP contribution in [0.1, 0.15) is 52.2 Å². The first-order valence-electron chi connectivity index (χ1n) is 7.92. The van der Waals surface area contributed by atoms with Gasteiger partial charge in [-0.1, -0.05) is 45.0 Å². The summed E-state index contributed by atoms with van der Waals surface area (Å²) in [5, 5.41) is 4.17. The van der Waals surface area contributed by atoms with Crippen molar-refractivity contribution in [2.24, 2.45) is 5.10 Å². The number of nitrogens with one attached hydrogen (secondary N) is 1. The van der Waals surface area contributed by atoms with Crippen LogP contribution in [-0.2, 0) is 19.7 Å². The van der Waals surface area contributed by atoms with Crippen molar-refractivity contribution in [3.05, 3.63) is 35.4 Å². The van der Waals surface area contributed by atoms with Gasteiger partial charge >= 0.3 is 0 Å². The van der Waals surface area contributed by atoms with Gasteiger partial charge in [0.2, 0.25) is 5.91 Å². The Labute approximate surface area is 138 Å². The van der Waals surface area contributed by atoms with Crippen molar-refractivity contribution in [3.8, 4) is 0 Å². The third-order valence-electron chi connectivity index (χ3n) is 3.90. The molecular weight excluding hydrogens is 292 g/mol. The first-order chi connectivity index (χ1) is 10.7. The van der Waals surface area contributed by atoms with Crippen molar-refractivity contribution in [3.63, 3.8) is 0 Å². The summed E-state index contributed by atoms with van der Waals surface area (Å²) in [6, 6.07) is 8.24. The molecule has 1 heterocycles. The summed E-state index contributed by atoms with van der Waals surface area (Å²) >= 11 is 0. The standard InChI is InChI=1S/C18H26N2O3/c1-13(14-6-8-15(9-7-14)17(2,3)4)19-20-16(21)12-18(5)22-10-11-23-18/h6-9H,10-12H2,1-5H3,(H,20,21)/b19-13+. The molecule has 5 nitrogen and oxygen atoms in total. The largest absolute Gasteiger partial charge is 0.347 e. The Morgan fingerprint density at radius 1 is 1.22 bits per heavy atom. The van der Waals surface area contributed by atoms with Crippen LogP contribution in [0.25, 0.3) is 0 Å². The maximum Gasteiger partial charge on any atom is 0.245 e. The van der Waals surface area contributed by atoms with Crippen LogP contribution in [0.4, 0.5) is 0 Å². The average molecular weight is 318 g/mol. The highest BCUT2D eigenvalue weighted by molar-refractivity contribution is 5.99. The highest BCUT2D eigenvalue weighted by atomic mass is 16.7. The van der Waals surface area contributed by atoms with Gasteiger partial charge in [0.05, 0.1) is 25.3 Å². The average Bonchev–Trinajstić information content (AvgIpc) is 2.90. The van der Waals surface area contributed by atoms with Crippen molar-refractivity contribution in [1.29, 1.82) is 0 Å². The lowest BCUT2D eigenvalue weighted by Crippen LogP contribution is -2.33. The van der Waals surface area contributed by atoms with Crippen molar-refractivity contribution in [2.45, 2.75) is 52.2 Å². The van der Waals surface area contributed by atoms with Crippen LogP contribution in [0.3, 0.4) is 0 Å². The van der Waals surface area contributed by atoms with Gasteiger partial charge < -0.3 is 9.47 Å². The van der Waals surface area contributed by atoms with E-state index in [0.717, 1.165) is 11.3 Å². The predicted octanol–water partition coefficient (Wildman–Crippen LogP) is 2.98. The molecule has 1 aromatic carbocycles. The quantitative estimate of drug-likeness (QED) is 0.686. The molecular formula is C18H26N2O3. The molecule has 0 radical (unpaired) electrons. The highest BCUT2D eigenvalue weighted by Gasteiger charge is 2.33. The highest BCUT2D eigenvalue weighted by Crippen LogP contribution is 2.23. The van der Waals surface area contributed by atoms with Crippen LogP contribution in [0, 0.1) is 0 Å². The lowest BCUT2D eigenvalue weighted by Gasteiger charge is -2.20.